The zero-order valence-electron chi connectivity index (χ0n) is 11.9. The fraction of sp³-hybridized carbons (Fsp3) is 0.615. The molecule has 110 valence electrons. The lowest BCUT2D eigenvalue weighted by Gasteiger charge is -2.29. The van der Waals surface area contributed by atoms with Crippen molar-refractivity contribution in [3.8, 4) is 0 Å². The average molecular weight is 281 g/mol. The topological polar surface area (TPSA) is 84.7 Å². The highest BCUT2D eigenvalue weighted by Gasteiger charge is 2.27. The van der Waals surface area contributed by atoms with Crippen LogP contribution in [0.2, 0.25) is 0 Å². The Bertz CT molecular complexity index is 530. The van der Waals surface area contributed by atoms with Gasteiger partial charge in [0.15, 0.2) is 0 Å². The molecule has 1 aliphatic rings. The van der Waals surface area contributed by atoms with Crippen LogP contribution in [0.1, 0.15) is 32.0 Å². The summed E-state index contributed by atoms with van der Waals surface area (Å²) in [6, 6.07) is 0. The first kappa shape index (κ1) is 14.4. The molecule has 7 nitrogen and oxygen atoms in total. The summed E-state index contributed by atoms with van der Waals surface area (Å²) in [5.41, 5.74) is 1.21. The van der Waals surface area contributed by atoms with Crippen molar-refractivity contribution in [2.45, 2.75) is 45.9 Å². The van der Waals surface area contributed by atoms with E-state index in [9.17, 15) is 9.59 Å². The van der Waals surface area contributed by atoms with Gasteiger partial charge in [-0.05, 0) is 20.8 Å². The summed E-state index contributed by atoms with van der Waals surface area (Å²) in [4.78, 5) is 24.3. The average Bonchev–Trinajstić information content (AvgIpc) is 2.66. The maximum atomic E-state index is 12.0. The van der Waals surface area contributed by atoms with E-state index in [4.69, 9.17) is 9.84 Å². The van der Waals surface area contributed by atoms with Gasteiger partial charge in [0.2, 0.25) is 0 Å². The number of aromatic nitrogens is 2. The van der Waals surface area contributed by atoms with Gasteiger partial charge >= 0.3 is 12.1 Å². The van der Waals surface area contributed by atoms with Crippen LogP contribution in [-0.4, -0.2) is 44.0 Å². The van der Waals surface area contributed by atoms with Crippen molar-refractivity contribution >= 4 is 12.1 Å². The van der Waals surface area contributed by atoms with Crippen LogP contribution in [-0.2, 0) is 29.0 Å². The number of carboxylic acids is 1. The first-order chi connectivity index (χ1) is 9.24. The molecule has 1 aromatic rings. The van der Waals surface area contributed by atoms with E-state index in [-0.39, 0.29) is 12.6 Å². The molecule has 0 bridgehead atoms. The number of amides is 1. The van der Waals surface area contributed by atoms with E-state index in [1.54, 1.807) is 11.1 Å². The third-order valence-electron chi connectivity index (χ3n) is 2.85. The zero-order chi connectivity index (χ0) is 14.9. The molecule has 1 N–H and O–H groups in total. The van der Waals surface area contributed by atoms with Crippen LogP contribution in [0.4, 0.5) is 4.79 Å². The quantitative estimate of drug-likeness (QED) is 0.882. The lowest BCUT2D eigenvalue weighted by molar-refractivity contribution is -0.137. The predicted octanol–water partition coefficient (Wildman–Crippen LogP) is 1.26. The summed E-state index contributed by atoms with van der Waals surface area (Å²) in [6.45, 7) is 6.25. The molecule has 1 aliphatic heterocycles. The largest absolute Gasteiger partial charge is 0.480 e. The Labute approximate surface area is 117 Å². The van der Waals surface area contributed by atoms with E-state index in [0.29, 0.717) is 19.5 Å². The third kappa shape index (κ3) is 3.49. The minimum atomic E-state index is -0.936. The van der Waals surface area contributed by atoms with Gasteiger partial charge in [-0.3, -0.25) is 9.48 Å². The maximum Gasteiger partial charge on any atom is 0.410 e. The molecule has 0 aliphatic carbocycles. The van der Waals surface area contributed by atoms with Crippen LogP contribution in [0.25, 0.3) is 0 Å². The summed E-state index contributed by atoms with van der Waals surface area (Å²) in [5.74, 6) is -0.936. The minimum Gasteiger partial charge on any atom is -0.480 e. The molecule has 1 amide bonds. The highest BCUT2D eigenvalue weighted by molar-refractivity contribution is 5.68. The Kier molecular flexibility index (Phi) is 3.69. The van der Waals surface area contributed by atoms with Crippen molar-refractivity contribution in [2.24, 2.45) is 0 Å². The van der Waals surface area contributed by atoms with Gasteiger partial charge in [0.25, 0.3) is 0 Å². The highest BCUT2D eigenvalue weighted by Crippen LogP contribution is 2.20. The molecule has 0 fully saturated rings. The molecule has 1 aromatic heterocycles. The van der Waals surface area contributed by atoms with Gasteiger partial charge in [0, 0.05) is 24.7 Å². The van der Waals surface area contributed by atoms with E-state index in [1.165, 1.54) is 4.68 Å². The van der Waals surface area contributed by atoms with E-state index in [2.05, 4.69) is 5.10 Å². The molecule has 0 aromatic carbocycles. The molecule has 0 saturated carbocycles. The fourth-order valence-corrected chi connectivity index (χ4v) is 2.07. The summed E-state index contributed by atoms with van der Waals surface area (Å²) in [7, 11) is 0. The number of hydrogen-bond donors (Lipinski definition) is 1. The van der Waals surface area contributed by atoms with E-state index < -0.39 is 11.6 Å². The van der Waals surface area contributed by atoms with Crippen LogP contribution < -0.4 is 0 Å². The maximum absolute atomic E-state index is 12.0. The highest BCUT2D eigenvalue weighted by atomic mass is 16.6. The van der Waals surface area contributed by atoms with Gasteiger partial charge in [0.1, 0.15) is 12.1 Å². The molecule has 0 spiro atoms. The van der Waals surface area contributed by atoms with Gasteiger partial charge in [-0.1, -0.05) is 0 Å². The molecule has 2 heterocycles. The first-order valence-corrected chi connectivity index (χ1v) is 6.49. The Morgan fingerprint density at radius 3 is 2.75 bits per heavy atom. The number of carbonyl (C=O) groups excluding carboxylic acids is 1. The molecule has 0 unspecified atom stereocenters. The fourth-order valence-electron chi connectivity index (χ4n) is 2.07. The van der Waals surface area contributed by atoms with Crippen LogP contribution >= 0.6 is 0 Å². The van der Waals surface area contributed by atoms with Crippen molar-refractivity contribution in [1.82, 2.24) is 14.7 Å². The second kappa shape index (κ2) is 5.15. The molecule has 2 rings (SSSR count). The molecule has 7 heteroatoms. The minimum absolute atomic E-state index is 0.167. The van der Waals surface area contributed by atoms with Crippen molar-refractivity contribution < 1.29 is 19.4 Å². The lowest BCUT2D eigenvalue weighted by Crippen LogP contribution is -2.39. The van der Waals surface area contributed by atoms with Crippen LogP contribution in [0.5, 0.6) is 0 Å². The molecular weight excluding hydrogens is 262 g/mol. The van der Waals surface area contributed by atoms with Gasteiger partial charge in [-0.15, -0.1) is 0 Å². The standard InChI is InChI=1S/C13H19N3O4/c1-13(2,3)20-12(19)15-5-4-10-9(6-15)7-16(14-10)8-11(17)18/h7H,4-6,8H2,1-3H3,(H,17,18). The number of hydrogen-bond acceptors (Lipinski definition) is 4. The SMILES string of the molecule is CC(C)(C)OC(=O)N1CCc2nn(CC(=O)O)cc2C1. The Morgan fingerprint density at radius 2 is 2.15 bits per heavy atom. The van der Waals surface area contributed by atoms with Crippen molar-refractivity contribution in [3.05, 3.63) is 17.5 Å². The Hall–Kier alpha value is -2.05. The second-order valence-corrected chi connectivity index (χ2v) is 5.84. The molecule has 20 heavy (non-hydrogen) atoms. The van der Waals surface area contributed by atoms with Gasteiger partial charge in [0.05, 0.1) is 12.2 Å². The van der Waals surface area contributed by atoms with Gasteiger partial charge in [-0.25, -0.2) is 4.79 Å². The van der Waals surface area contributed by atoms with Gasteiger partial charge in [-0.2, -0.15) is 5.10 Å². The van der Waals surface area contributed by atoms with Crippen molar-refractivity contribution in [1.29, 1.82) is 0 Å². The molecular formula is C13H19N3O4. The number of aliphatic carboxylic acids is 1. The normalized spacial score (nSPS) is 14.8. The summed E-state index contributed by atoms with van der Waals surface area (Å²) < 4.78 is 6.72. The number of carboxylic acid groups (broad SMARTS) is 1. The van der Waals surface area contributed by atoms with Crippen LogP contribution in [0.3, 0.4) is 0 Å². The zero-order valence-corrected chi connectivity index (χ0v) is 11.9. The monoisotopic (exact) mass is 281 g/mol. The van der Waals surface area contributed by atoms with Crippen molar-refractivity contribution in [3.63, 3.8) is 0 Å². The number of carbonyl (C=O) groups is 2. The molecule has 0 saturated heterocycles. The van der Waals surface area contributed by atoms with Crippen LogP contribution in [0.15, 0.2) is 6.20 Å². The van der Waals surface area contributed by atoms with E-state index >= 15 is 0 Å². The third-order valence-corrected chi connectivity index (χ3v) is 2.85. The van der Waals surface area contributed by atoms with Crippen LogP contribution in [0, 0.1) is 0 Å². The van der Waals surface area contributed by atoms with E-state index in [0.717, 1.165) is 11.3 Å². The number of fused-ring (bicyclic) bond motifs is 1. The number of nitrogens with zero attached hydrogens (tertiary/aromatic N) is 3. The molecule has 0 radical (unpaired) electrons. The number of ether oxygens (including phenoxy) is 1. The number of rotatable bonds is 2. The van der Waals surface area contributed by atoms with E-state index in [1.807, 2.05) is 20.8 Å². The first-order valence-electron chi connectivity index (χ1n) is 6.49. The van der Waals surface area contributed by atoms with Gasteiger partial charge < -0.3 is 14.7 Å². The Morgan fingerprint density at radius 1 is 1.45 bits per heavy atom. The predicted molar refractivity (Wildman–Crippen MR) is 70.2 cm³/mol. The summed E-state index contributed by atoms with van der Waals surface area (Å²) in [5, 5.41) is 13.0. The lowest BCUT2D eigenvalue weighted by atomic mass is 10.1. The summed E-state index contributed by atoms with van der Waals surface area (Å²) in [6.07, 6.45) is 1.94. The Balaban J connectivity index is 2.05. The molecule has 0 atom stereocenters. The smallest absolute Gasteiger partial charge is 0.410 e. The van der Waals surface area contributed by atoms with Crippen molar-refractivity contribution in [2.75, 3.05) is 6.54 Å². The second-order valence-electron chi connectivity index (χ2n) is 5.84. The summed E-state index contributed by atoms with van der Waals surface area (Å²) >= 11 is 0.